The normalized spacial score (nSPS) is 17.9. The molecule has 1 amide bonds. The molecular weight excluding hydrogens is 306 g/mol. The second-order valence-electron chi connectivity index (χ2n) is 4.19. The predicted molar refractivity (Wildman–Crippen MR) is 68.3 cm³/mol. The molecule has 92 valence electrons. The molecule has 1 aliphatic rings. The van der Waals surface area contributed by atoms with Crippen molar-refractivity contribution in [3.05, 3.63) is 20.8 Å². The lowest BCUT2D eigenvalue weighted by atomic mass is 9.97. The highest BCUT2D eigenvalue weighted by Crippen LogP contribution is 2.30. The van der Waals surface area contributed by atoms with Crippen molar-refractivity contribution in [2.45, 2.75) is 31.2 Å². The number of carbonyl (C=O) groups excluding carboxylic acids is 1. The smallest absolute Gasteiger partial charge is 0.329 e. The van der Waals surface area contributed by atoms with E-state index in [9.17, 15) is 14.7 Å². The van der Waals surface area contributed by atoms with Crippen molar-refractivity contribution >= 4 is 39.1 Å². The molecule has 17 heavy (non-hydrogen) atoms. The van der Waals surface area contributed by atoms with Crippen LogP contribution in [0.1, 0.15) is 36.0 Å². The summed E-state index contributed by atoms with van der Waals surface area (Å²) in [4.78, 5) is 23.2. The van der Waals surface area contributed by atoms with Gasteiger partial charge in [0.25, 0.3) is 5.91 Å². The Hall–Kier alpha value is -0.880. The van der Waals surface area contributed by atoms with Gasteiger partial charge in [0.15, 0.2) is 0 Å². The van der Waals surface area contributed by atoms with Crippen molar-refractivity contribution in [3.63, 3.8) is 0 Å². The maximum atomic E-state index is 11.9. The Morgan fingerprint density at radius 3 is 2.53 bits per heavy atom. The van der Waals surface area contributed by atoms with Gasteiger partial charge in [-0.1, -0.05) is 12.8 Å². The van der Waals surface area contributed by atoms with Gasteiger partial charge in [0.05, 0.1) is 9.35 Å². The Bertz CT molecular complexity index is 451. The van der Waals surface area contributed by atoms with E-state index in [-0.39, 0.29) is 5.91 Å². The van der Waals surface area contributed by atoms with Crippen molar-refractivity contribution in [1.29, 1.82) is 0 Å². The number of carboxylic acids is 1. The minimum Gasteiger partial charge on any atom is -0.480 e. The summed E-state index contributed by atoms with van der Waals surface area (Å²) in [6.07, 6.45) is 2.72. The van der Waals surface area contributed by atoms with E-state index in [0.29, 0.717) is 18.4 Å². The van der Waals surface area contributed by atoms with Crippen molar-refractivity contribution in [1.82, 2.24) is 5.32 Å². The van der Waals surface area contributed by atoms with Crippen molar-refractivity contribution < 1.29 is 14.7 Å². The molecule has 1 saturated carbocycles. The van der Waals surface area contributed by atoms with Gasteiger partial charge in [0.1, 0.15) is 5.54 Å². The van der Waals surface area contributed by atoms with Crippen LogP contribution in [0.3, 0.4) is 0 Å². The first kappa shape index (κ1) is 12.6. The van der Waals surface area contributed by atoms with Crippen molar-refractivity contribution in [3.8, 4) is 0 Å². The molecule has 0 unspecified atom stereocenters. The second kappa shape index (κ2) is 4.78. The number of halogens is 1. The van der Waals surface area contributed by atoms with Crippen LogP contribution in [0.4, 0.5) is 0 Å². The summed E-state index contributed by atoms with van der Waals surface area (Å²) in [6, 6.07) is 1.70. The number of carbonyl (C=O) groups is 2. The minimum absolute atomic E-state index is 0.309. The van der Waals surface area contributed by atoms with E-state index in [0.717, 1.165) is 16.6 Å². The van der Waals surface area contributed by atoms with E-state index in [4.69, 9.17) is 0 Å². The van der Waals surface area contributed by atoms with Crippen LogP contribution in [0, 0.1) is 0 Å². The topological polar surface area (TPSA) is 66.4 Å². The number of aliphatic carboxylic acids is 1. The molecule has 1 aromatic heterocycles. The molecule has 0 aliphatic heterocycles. The molecule has 2 N–H and O–H groups in total. The minimum atomic E-state index is -1.06. The second-order valence-corrected chi connectivity index (χ2v) is 6.48. The van der Waals surface area contributed by atoms with Gasteiger partial charge in [-0.05, 0) is 34.8 Å². The van der Waals surface area contributed by atoms with Gasteiger partial charge in [-0.15, -0.1) is 11.3 Å². The maximum Gasteiger partial charge on any atom is 0.329 e. The van der Waals surface area contributed by atoms with E-state index >= 15 is 0 Å². The SMILES string of the molecule is O=C(NC1(C(=O)O)CCCC1)c1csc(Br)c1. The number of rotatable bonds is 3. The van der Waals surface area contributed by atoms with Gasteiger partial charge in [0.2, 0.25) is 0 Å². The number of nitrogens with one attached hydrogen (secondary N) is 1. The molecular formula is C11H12BrNO3S. The highest BCUT2D eigenvalue weighted by Gasteiger charge is 2.42. The van der Waals surface area contributed by atoms with Gasteiger partial charge in [-0.25, -0.2) is 4.79 Å². The number of amides is 1. The standard InChI is InChI=1S/C11H12BrNO3S/c12-8-5-7(6-17-8)9(14)13-11(10(15)16)3-1-2-4-11/h5-6H,1-4H2,(H,13,14)(H,15,16). The van der Waals surface area contributed by atoms with Crippen LogP contribution in [-0.2, 0) is 4.79 Å². The van der Waals surface area contributed by atoms with Crippen molar-refractivity contribution in [2.75, 3.05) is 0 Å². The molecule has 4 nitrogen and oxygen atoms in total. The van der Waals surface area contributed by atoms with Crippen LogP contribution in [0.25, 0.3) is 0 Å². The fourth-order valence-corrected chi connectivity index (χ4v) is 3.23. The quantitative estimate of drug-likeness (QED) is 0.900. The Kier molecular flexibility index (Phi) is 3.53. The Balaban J connectivity index is 2.14. The van der Waals surface area contributed by atoms with Gasteiger partial charge >= 0.3 is 5.97 Å². The van der Waals surface area contributed by atoms with Crippen LogP contribution >= 0.6 is 27.3 Å². The first-order valence-electron chi connectivity index (χ1n) is 5.33. The zero-order valence-electron chi connectivity index (χ0n) is 9.03. The molecule has 1 aromatic rings. The third-order valence-electron chi connectivity index (χ3n) is 3.05. The zero-order chi connectivity index (χ0) is 12.5. The molecule has 0 saturated heterocycles. The molecule has 1 fully saturated rings. The highest BCUT2D eigenvalue weighted by molar-refractivity contribution is 9.11. The predicted octanol–water partition coefficient (Wildman–Crippen LogP) is 2.64. The highest BCUT2D eigenvalue weighted by atomic mass is 79.9. The van der Waals surface area contributed by atoms with Crippen molar-refractivity contribution in [2.24, 2.45) is 0 Å². The third kappa shape index (κ3) is 2.52. The fraction of sp³-hybridized carbons (Fsp3) is 0.455. The van der Waals surface area contributed by atoms with E-state index in [2.05, 4.69) is 21.2 Å². The van der Waals surface area contributed by atoms with Crippen LogP contribution in [0.5, 0.6) is 0 Å². The largest absolute Gasteiger partial charge is 0.480 e. The van der Waals surface area contributed by atoms with Crippen LogP contribution in [0.2, 0.25) is 0 Å². The maximum absolute atomic E-state index is 11.9. The molecule has 1 aliphatic carbocycles. The summed E-state index contributed by atoms with van der Waals surface area (Å²) in [5.74, 6) is -1.24. The molecule has 2 rings (SSSR count). The number of thiophene rings is 1. The Labute approximate surface area is 111 Å². The summed E-state index contributed by atoms with van der Waals surface area (Å²) in [6.45, 7) is 0. The van der Waals surface area contributed by atoms with Gasteiger partial charge < -0.3 is 10.4 Å². The van der Waals surface area contributed by atoms with Gasteiger partial charge in [-0.3, -0.25) is 4.79 Å². The summed E-state index contributed by atoms with van der Waals surface area (Å²) >= 11 is 4.68. The molecule has 0 atom stereocenters. The van der Waals surface area contributed by atoms with Gasteiger partial charge in [0, 0.05) is 5.38 Å². The molecule has 0 aromatic carbocycles. The first-order valence-corrected chi connectivity index (χ1v) is 7.01. The summed E-state index contributed by atoms with van der Waals surface area (Å²) in [5, 5.41) is 13.6. The van der Waals surface area contributed by atoms with E-state index < -0.39 is 11.5 Å². The van der Waals surface area contributed by atoms with Crippen LogP contribution < -0.4 is 5.32 Å². The number of hydrogen-bond acceptors (Lipinski definition) is 3. The zero-order valence-corrected chi connectivity index (χ0v) is 11.4. The molecule has 6 heteroatoms. The summed E-state index contributed by atoms with van der Waals surface area (Å²) in [5.41, 5.74) is -0.555. The lowest BCUT2D eigenvalue weighted by molar-refractivity contribution is -0.144. The number of carboxylic acid groups (broad SMARTS) is 1. The monoisotopic (exact) mass is 317 g/mol. The van der Waals surface area contributed by atoms with Crippen LogP contribution in [0.15, 0.2) is 15.2 Å². The lowest BCUT2D eigenvalue weighted by Gasteiger charge is -2.24. The molecule has 0 spiro atoms. The molecule has 0 radical (unpaired) electrons. The average molecular weight is 318 g/mol. The Morgan fingerprint density at radius 1 is 1.41 bits per heavy atom. The summed E-state index contributed by atoms with van der Waals surface area (Å²) in [7, 11) is 0. The number of hydrogen-bond donors (Lipinski definition) is 2. The van der Waals surface area contributed by atoms with Crippen LogP contribution in [-0.4, -0.2) is 22.5 Å². The van der Waals surface area contributed by atoms with E-state index in [1.807, 2.05) is 0 Å². The molecule has 1 heterocycles. The fourth-order valence-electron chi connectivity index (χ4n) is 2.09. The first-order chi connectivity index (χ1) is 8.03. The molecule has 0 bridgehead atoms. The van der Waals surface area contributed by atoms with E-state index in [1.54, 1.807) is 11.4 Å². The third-order valence-corrected chi connectivity index (χ3v) is 4.55. The van der Waals surface area contributed by atoms with Gasteiger partial charge in [-0.2, -0.15) is 0 Å². The Morgan fingerprint density at radius 2 is 2.06 bits per heavy atom. The van der Waals surface area contributed by atoms with E-state index in [1.165, 1.54) is 11.3 Å². The lowest BCUT2D eigenvalue weighted by Crippen LogP contribution is -2.52. The average Bonchev–Trinajstić information content (AvgIpc) is 2.87. The summed E-state index contributed by atoms with van der Waals surface area (Å²) < 4.78 is 0.860.